The van der Waals surface area contributed by atoms with Crippen LogP contribution in [0, 0.1) is 5.82 Å². The fourth-order valence-corrected chi connectivity index (χ4v) is 2.53. The molecule has 0 heterocycles. The van der Waals surface area contributed by atoms with E-state index in [9.17, 15) is 9.18 Å². The van der Waals surface area contributed by atoms with Gasteiger partial charge in [0.15, 0.2) is 0 Å². The summed E-state index contributed by atoms with van der Waals surface area (Å²) in [6, 6.07) is 13.7. The van der Waals surface area contributed by atoms with Crippen LogP contribution in [0.5, 0.6) is 0 Å². The molecule has 2 rings (SSSR count). The predicted molar refractivity (Wildman–Crippen MR) is 93.5 cm³/mol. The zero-order valence-corrected chi connectivity index (χ0v) is 14.7. The quantitative estimate of drug-likeness (QED) is 0.833. The molecule has 23 heavy (non-hydrogen) atoms. The summed E-state index contributed by atoms with van der Waals surface area (Å²) in [5.74, 6) is -0.441. The molecular formula is C18H20BrFN2O. The van der Waals surface area contributed by atoms with Gasteiger partial charge >= 0.3 is 0 Å². The number of amides is 1. The second kappa shape index (κ2) is 7.23. The minimum absolute atomic E-state index is 0.0697. The van der Waals surface area contributed by atoms with Gasteiger partial charge in [0.05, 0.1) is 0 Å². The first-order valence-corrected chi connectivity index (χ1v) is 8.18. The highest BCUT2D eigenvalue weighted by molar-refractivity contribution is 9.10. The smallest absolute Gasteiger partial charge is 0.244 e. The minimum atomic E-state index is -1.11. The molecule has 0 aliphatic heterocycles. The molecule has 2 aromatic carbocycles. The third-order valence-electron chi connectivity index (χ3n) is 3.92. The molecule has 0 fully saturated rings. The standard InChI is InChI=1S/C18H20BrFN2O/c1-12(13-3-9-16(20)10-4-13)11-22-17(23)18(2,21)14-5-7-15(19)8-6-14/h3-10,12H,11,21H2,1-2H3,(H,22,23). The maximum Gasteiger partial charge on any atom is 0.244 e. The van der Waals surface area contributed by atoms with E-state index in [4.69, 9.17) is 5.73 Å². The van der Waals surface area contributed by atoms with Crippen molar-refractivity contribution in [3.8, 4) is 0 Å². The molecule has 122 valence electrons. The molecule has 0 saturated carbocycles. The predicted octanol–water partition coefficient (Wildman–Crippen LogP) is 3.68. The number of hydrogen-bond acceptors (Lipinski definition) is 2. The van der Waals surface area contributed by atoms with Crippen molar-refractivity contribution in [2.75, 3.05) is 6.54 Å². The van der Waals surface area contributed by atoms with E-state index in [1.54, 1.807) is 19.1 Å². The molecule has 0 radical (unpaired) electrons. The highest BCUT2D eigenvalue weighted by Crippen LogP contribution is 2.21. The molecule has 0 spiro atoms. The van der Waals surface area contributed by atoms with Gasteiger partial charge in [-0.1, -0.05) is 47.1 Å². The van der Waals surface area contributed by atoms with Crippen LogP contribution in [0.2, 0.25) is 0 Å². The van der Waals surface area contributed by atoms with Gasteiger partial charge in [-0.3, -0.25) is 4.79 Å². The van der Waals surface area contributed by atoms with E-state index in [2.05, 4.69) is 21.2 Å². The van der Waals surface area contributed by atoms with Gasteiger partial charge in [-0.05, 0) is 48.2 Å². The summed E-state index contributed by atoms with van der Waals surface area (Å²) in [7, 11) is 0. The Hall–Kier alpha value is -1.72. The van der Waals surface area contributed by atoms with Crippen molar-refractivity contribution in [1.29, 1.82) is 0 Å². The Morgan fingerprint density at radius 2 is 1.78 bits per heavy atom. The Kier molecular flexibility index (Phi) is 5.55. The molecule has 0 aliphatic carbocycles. The number of halogens is 2. The summed E-state index contributed by atoms with van der Waals surface area (Å²) < 4.78 is 13.9. The highest BCUT2D eigenvalue weighted by atomic mass is 79.9. The summed E-state index contributed by atoms with van der Waals surface area (Å²) in [5, 5.41) is 2.88. The first kappa shape index (κ1) is 17.6. The Labute approximate surface area is 144 Å². The van der Waals surface area contributed by atoms with Gasteiger partial charge in [0.25, 0.3) is 0 Å². The second-order valence-electron chi connectivity index (χ2n) is 5.87. The fourth-order valence-electron chi connectivity index (χ4n) is 2.27. The van der Waals surface area contributed by atoms with Crippen molar-refractivity contribution >= 4 is 21.8 Å². The molecule has 0 bridgehead atoms. The van der Waals surface area contributed by atoms with E-state index in [-0.39, 0.29) is 17.6 Å². The topological polar surface area (TPSA) is 55.1 Å². The summed E-state index contributed by atoms with van der Waals surface area (Å²) in [6.45, 7) is 4.10. The highest BCUT2D eigenvalue weighted by Gasteiger charge is 2.30. The number of benzene rings is 2. The van der Waals surface area contributed by atoms with Crippen LogP contribution in [0.1, 0.15) is 30.9 Å². The molecule has 2 unspecified atom stereocenters. The molecule has 5 heteroatoms. The maximum atomic E-state index is 12.9. The molecule has 0 aromatic heterocycles. The van der Waals surface area contributed by atoms with Gasteiger partial charge in [0.2, 0.25) is 5.91 Å². The lowest BCUT2D eigenvalue weighted by Gasteiger charge is -2.25. The van der Waals surface area contributed by atoms with Crippen molar-refractivity contribution in [2.45, 2.75) is 25.3 Å². The number of rotatable bonds is 5. The summed E-state index contributed by atoms with van der Waals surface area (Å²) >= 11 is 3.36. The summed E-state index contributed by atoms with van der Waals surface area (Å²) in [4.78, 5) is 12.4. The zero-order valence-electron chi connectivity index (χ0n) is 13.1. The molecule has 2 aromatic rings. The Balaban J connectivity index is 2.00. The number of carbonyl (C=O) groups is 1. The van der Waals surface area contributed by atoms with Crippen LogP contribution < -0.4 is 11.1 Å². The van der Waals surface area contributed by atoms with Gasteiger partial charge in [-0.25, -0.2) is 4.39 Å². The Bertz CT molecular complexity index is 668. The molecule has 1 amide bonds. The van der Waals surface area contributed by atoms with Gasteiger partial charge in [0, 0.05) is 11.0 Å². The van der Waals surface area contributed by atoms with Crippen LogP contribution >= 0.6 is 15.9 Å². The average Bonchev–Trinajstić information content (AvgIpc) is 2.53. The van der Waals surface area contributed by atoms with Crippen molar-refractivity contribution in [1.82, 2.24) is 5.32 Å². The normalized spacial score (nSPS) is 14.8. The fraction of sp³-hybridized carbons (Fsp3) is 0.278. The van der Waals surface area contributed by atoms with Crippen LogP contribution in [0.4, 0.5) is 4.39 Å². The molecule has 0 saturated heterocycles. The van der Waals surface area contributed by atoms with E-state index in [0.29, 0.717) is 6.54 Å². The zero-order chi connectivity index (χ0) is 17.0. The van der Waals surface area contributed by atoms with Crippen molar-refractivity contribution in [2.24, 2.45) is 5.73 Å². The van der Waals surface area contributed by atoms with E-state index in [1.807, 2.05) is 31.2 Å². The first-order valence-electron chi connectivity index (χ1n) is 7.39. The lowest BCUT2D eigenvalue weighted by Crippen LogP contribution is -2.49. The van der Waals surface area contributed by atoms with Gasteiger partial charge in [0.1, 0.15) is 11.4 Å². The number of hydrogen-bond donors (Lipinski definition) is 2. The molecule has 0 aliphatic rings. The largest absolute Gasteiger partial charge is 0.354 e. The van der Waals surface area contributed by atoms with E-state index in [1.165, 1.54) is 12.1 Å². The van der Waals surface area contributed by atoms with E-state index >= 15 is 0 Å². The van der Waals surface area contributed by atoms with Gasteiger partial charge < -0.3 is 11.1 Å². The molecule has 3 N–H and O–H groups in total. The Morgan fingerprint density at radius 1 is 1.22 bits per heavy atom. The lowest BCUT2D eigenvalue weighted by molar-refractivity contribution is -0.126. The van der Waals surface area contributed by atoms with Crippen LogP contribution in [0.3, 0.4) is 0 Å². The second-order valence-corrected chi connectivity index (χ2v) is 6.79. The van der Waals surface area contributed by atoms with Crippen molar-refractivity contribution in [3.05, 3.63) is 69.9 Å². The van der Waals surface area contributed by atoms with Crippen LogP contribution in [0.15, 0.2) is 53.0 Å². The monoisotopic (exact) mass is 378 g/mol. The maximum absolute atomic E-state index is 12.9. The van der Waals surface area contributed by atoms with Crippen LogP contribution in [-0.2, 0) is 10.3 Å². The minimum Gasteiger partial charge on any atom is -0.354 e. The van der Waals surface area contributed by atoms with Crippen molar-refractivity contribution < 1.29 is 9.18 Å². The summed E-state index contributed by atoms with van der Waals surface area (Å²) in [5.41, 5.74) is 6.80. The van der Waals surface area contributed by atoms with Gasteiger partial charge in [-0.15, -0.1) is 0 Å². The molecular weight excluding hydrogens is 359 g/mol. The number of nitrogens with one attached hydrogen (secondary N) is 1. The van der Waals surface area contributed by atoms with E-state index < -0.39 is 5.54 Å². The lowest BCUT2D eigenvalue weighted by atomic mass is 9.92. The summed E-state index contributed by atoms with van der Waals surface area (Å²) in [6.07, 6.45) is 0. The van der Waals surface area contributed by atoms with E-state index in [0.717, 1.165) is 15.6 Å². The SMILES string of the molecule is CC(CNC(=O)C(C)(N)c1ccc(Br)cc1)c1ccc(F)cc1. The molecule has 2 atom stereocenters. The average molecular weight is 379 g/mol. The van der Waals surface area contributed by atoms with Crippen molar-refractivity contribution in [3.63, 3.8) is 0 Å². The third-order valence-corrected chi connectivity index (χ3v) is 4.45. The Morgan fingerprint density at radius 3 is 2.35 bits per heavy atom. The molecule has 3 nitrogen and oxygen atoms in total. The first-order chi connectivity index (χ1) is 10.8. The van der Waals surface area contributed by atoms with Gasteiger partial charge in [-0.2, -0.15) is 0 Å². The number of nitrogens with two attached hydrogens (primary N) is 1. The van der Waals surface area contributed by atoms with Crippen LogP contribution in [-0.4, -0.2) is 12.5 Å². The third kappa shape index (κ3) is 4.39. The van der Waals surface area contributed by atoms with Crippen LogP contribution in [0.25, 0.3) is 0 Å². The number of carbonyl (C=O) groups excluding carboxylic acids is 1.